The summed E-state index contributed by atoms with van der Waals surface area (Å²) in [6, 6.07) is 8.50. The fourth-order valence-corrected chi connectivity index (χ4v) is 2.24. The standard InChI is InChI=1S/C15H23IO2S/c1-13(2)7-8-17-11-14-3-5-15(6-4-14)12-18-9-10-19-16/h3-6,13H,7-12H2,1-2H3. The summed E-state index contributed by atoms with van der Waals surface area (Å²) in [5.74, 6) is 1.75. The summed E-state index contributed by atoms with van der Waals surface area (Å²) in [5.41, 5.74) is 2.46. The van der Waals surface area contributed by atoms with E-state index in [4.69, 9.17) is 9.47 Å². The summed E-state index contributed by atoms with van der Waals surface area (Å²) in [5, 5.41) is 0. The van der Waals surface area contributed by atoms with E-state index in [1.807, 2.05) is 0 Å². The molecule has 1 aromatic carbocycles. The minimum atomic E-state index is 0.700. The molecule has 0 aliphatic carbocycles. The van der Waals surface area contributed by atoms with E-state index < -0.39 is 0 Å². The normalized spacial score (nSPS) is 11.2. The zero-order valence-corrected chi connectivity index (χ0v) is 14.7. The molecule has 2 nitrogen and oxygen atoms in total. The molecule has 0 saturated heterocycles. The maximum atomic E-state index is 5.65. The smallest absolute Gasteiger partial charge is 0.0717 e. The Balaban J connectivity index is 2.19. The molecule has 0 heterocycles. The van der Waals surface area contributed by atoms with Crippen molar-refractivity contribution in [2.45, 2.75) is 33.5 Å². The average molecular weight is 394 g/mol. The van der Waals surface area contributed by atoms with Crippen LogP contribution in [-0.4, -0.2) is 19.0 Å². The molecule has 0 spiro atoms. The van der Waals surface area contributed by atoms with Gasteiger partial charge in [0.15, 0.2) is 0 Å². The molecule has 4 heteroatoms. The van der Waals surface area contributed by atoms with Crippen LogP contribution in [0.3, 0.4) is 0 Å². The first-order valence-electron chi connectivity index (χ1n) is 6.69. The molecular weight excluding hydrogens is 371 g/mol. The second kappa shape index (κ2) is 10.9. The van der Waals surface area contributed by atoms with Crippen LogP contribution in [0.4, 0.5) is 0 Å². The molecule has 0 atom stereocenters. The molecule has 0 aliphatic heterocycles. The van der Waals surface area contributed by atoms with Crippen LogP contribution in [0.15, 0.2) is 24.3 Å². The van der Waals surface area contributed by atoms with Crippen LogP contribution in [0.5, 0.6) is 0 Å². The molecule has 0 aromatic heterocycles. The van der Waals surface area contributed by atoms with E-state index in [0.29, 0.717) is 19.1 Å². The van der Waals surface area contributed by atoms with Crippen molar-refractivity contribution in [2.24, 2.45) is 5.92 Å². The lowest BCUT2D eigenvalue weighted by Crippen LogP contribution is -2.00. The Hall–Kier alpha value is 0.220. The summed E-state index contributed by atoms with van der Waals surface area (Å²) < 4.78 is 11.2. The lowest BCUT2D eigenvalue weighted by atomic mass is 10.1. The molecular formula is C15H23IO2S. The highest BCUT2D eigenvalue weighted by molar-refractivity contribution is 14.2. The second-order valence-electron chi connectivity index (χ2n) is 4.92. The summed E-state index contributed by atoms with van der Waals surface area (Å²) >= 11 is 2.29. The quantitative estimate of drug-likeness (QED) is 0.418. The number of halogens is 1. The molecule has 0 bridgehead atoms. The van der Waals surface area contributed by atoms with Crippen LogP contribution < -0.4 is 0 Å². The van der Waals surface area contributed by atoms with Crippen molar-refractivity contribution in [1.29, 1.82) is 0 Å². The Bertz CT molecular complexity index is 327. The first-order chi connectivity index (χ1) is 9.22. The van der Waals surface area contributed by atoms with Crippen molar-refractivity contribution in [3.8, 4) is 0 Å². The van der Waals surface area contributed by atoms with Crippen LogP contribution in [0.25, 0.3) is 0 Å². The van der Waals surface area contributed by atoms with Gasteiger partial charge in [0.1, 0.15) is 0 Å². The van der Waals surface area contributed by atoms with Gasteiger partial charge in [-0.25, -0.2) is 0 Å². The van der Waals surface area contributed by atoms with Crippen molar-refractivity contribution in [2.75, 3.05) is 19.0 Å². The average Bonchev–Trinajstić information content (AvgIpc) is 2.41. The summed E-state index contributed by atoms with van der Waals surface area (Å²) in [7, 11) is 1.78. The van der Waals surface area contributed by atoms with Crippen molar-refractivity contribution >= 4 is 30.1 Å². The molecule has 0 fully saturated rings. The fourth-order valence-electron chi connectivity index (χ4n) is 1.52. The highest BCUT2D eigenvalue weighted by Gasteiger charge is 1.98. The van der Waals surface area contributed by atoms with Gasteiger partial charge >= 0.3 is 0 Å². The second-order valence-corrected chi connectivity index (χ2v) is 7.41. The lowest BCUT2D eigenvalue weighted by molar-refractivity contribution is 0.110. The van der Waals surface area contributed by atoms with Gasteiger partial charge in [-0.2, -0.15) is 0 Å². The summed E-state index contributed by atoms with van der Waals surface area (Å²) in [4.78, 5) is 0. The van der Waals surface area contributed by atoms with E-state index >= 15 is 0 Å². The van der Waals surface area contributed by atoms with Gasteiger partial charge in [-0.1, -0.05) is 47.0 Å². The van der Waals surface area contributed by atoms with Gasteiger partial charge in [-0.05, 0) is 44.7 Å². The molecule has 108 valence electrons. The van der Waals surface area contributed by atoms with Gasteiger partial charge in [0.25, 0.3) is 0 Å². The van der Waals surface area contributed by atoms with E-state index in [-0.39, 0.29) is 0 Å². The van der Waals surface area contributed by atoms with E-state index in [1.54, 1.807) is 8.93 Å². The maximum Gasteiger partial charge on any atom is 0.0717 e. The predicted octanol–water partition coefficient (Wildman–Crippen LogP) is 4.85. The monoisotopic (exact) mass is 394 g/mol. The Morgan fingerprint density at radius 3 is 2.00 bits per heavy atom. The molecule has 0 saturated carbocycles. The molecule has 1 aromatic rings. The van der Waals surface area contributed by atoms with Crippen LogP contribution in [0.2, 0.25) is 0 Å². The van der Waals surface area contributed by atoms with Crippen molar-refractivity contribution < 1.29 is 9.47 Å². The van der Waals surface area contributed by atoms with Crippen molar-refractivity contribution in [3.05, 3.63) is 35.4 Å². The van der Waals surface area contributed by atoms with Gasteiger partial charge < -0.3 is 9.47 Å². The molecule has 0 aliphatic rings. The first-order valence-corrected chi connectivity index (χ1v) is 10.2. The van der Waals surface area contributed by atoms with E-state index in [0.717, 1.165) is 25.4 Å². The molecule has 1 rings (SSSR count). The van der Waals surface area contributed by atoms with E-state index in [9.17, 15) is 0 Å². The third-order valence-corrected chi connectivity index (χ3v) is 4.35. The van der Waals surface area contributed by atoms with Gasteiger partial charge in [0.05, 0.1) is 19.8 Å². The van der Waals surface area contributed by atoms with Crippen LogP contribution >= 0.6 is 30.1 Å². The minimum Gasteiger partial charge on any atom is -0.377 e. The number of hydrogen-bond donors (Lipinski definition) is 0. The minimum absolute atomic E-state index is 0.700. The third kappa shape index (κ3) is 8.89. The van der Waals surface area contributed by atoms with Crippen LogP contribution in [-0.2, 0) is 22.7 Å². The van der Waals surface area contributed by atoms with Crippen molar-refractivity contribution in [1.82, 2.24) is 0 Å². The fraction of sp³-hybridized carbons (Fsp3) is 0.600. The zero-order chi connectivity index (χ0) is 13.9. The topological polar surface area (TPSA) is 18.5 Å². The molecule has 19 heavy (non-hydrogen) atoms. The summed E-state index contributed by atoms with van der Waals surface area (Å²) in [6.07, 6.45) is 1.13. The Morgan fingerprint density at radius 2 is 1.53 bits per heavy atom. The van der Waals surface area contributed by atoms with E-state index in [2.05, 4.69) is 59.3 Å². The highest BCUT2D eigenvalue weighted by Crippen LogP contribution is 2.11. The Morgan fingerprint density at radius 1 is 1.00 bits per heavy atom. The molecule has 0 amide bonds. The zero-order valence-electron chi connectivity index (χ0n) is 11.7. The highest BCUT2D eigenvalue weighted by atomic mass is 127. The van der Waals surface area contributed by atoms with Crippen LogP contribution in [0.1, 0.15) is 31.4 Å². The lowest BCUT2D eigenvalue weighted by Gasteiger charge is -2.07. The summed E-state index contributed by atoms with van der Waals surface area (Å²) in [6.45, 7) is 7.50. The Labute approximate surface area is 133 Å². The number of benzene rings is 1. The molecule has 0 N–H and O–H groups in total. The molecule has 0 unspecified atom stereocenters. The SMILES string of the molecule is CC(C)CCOCc1ccc(COCCSI)cc1. The number of ether oxygens (including phenoxy) is 2. The van der Waals surface area contributed by atoms with Gasteiger partial charge in [0.2, 0.25) is 0 Å². The number of rotatable bonds is 10. The van der Waals surface area contributed by atoms with Gasteiger partial charge in [0, 0.05) is 12.4 Å². The predicted molar refractivity (Wildman–Crippen MR) is 91.7 cm³/mol. The largest absolute Gasteiger partial charge is 0.377 e. The maximum absolute atomic E-state index is 5.65. The molecule has 0 radical (unpaired) electrons. The van der Waals surface area contributed by atoms with Gasteiger partial charge in [-0.3, -0.25) is 0 Å². The van der Waals surface area contributed by atoms with Crippen LogP contribution in [0, 0.1) is 5.92 Å². The number of hydrogen-bond acceptors (Lipinski definition) is 3. The van der Waals surface area contributed by atoms with Gasteiger partial charge in [-0.15, -0.1) is 0 Å². The Kier molecular flexibility index (Phi) is 9.95. The van der Waals surface area contributed by atoms with E-state index in [1.165, 1.54) is 11.1 Å². The van der Waals surface area contributed by atoms with Crippen molar-refractivity contribution in [3.63, 3.8) is 0 Å². The first kappa shape index (κ1) is 17.3. The third-order valence-electron chi connectivity index (χ3n) is 2.70.